The van der Waals surface area contributed by atoms with Crippen LogP contribution in [0.1, 0.15) is 0 Å². The number of thiophene rings is 1. The van der Waals surface area contributed by atoms with Gasteiger partial charge in [-0.1, -0.05) is 48.5 Å². The largest absolute Gasteiger partial charge is 0.152 e. The molecule has 0 N–H and O–H groups in total. The zero-order valence-electron chi connectivity index (χ0n) is 10.6. The molecule has 20 heavy (non-hydrogen) atoms. The molecule has 0 bridgehead atoms. The summed E-state index contributed by atoms with van der Waals surface area (Å²) in [5, 5.41) is 9.51. The third-order valence-corrected chi connectivity index (χ3v) is 5.21. The number of hydrogen-bond donors (Lipinski definition) is 0. The summed E-state index contributed by atoms with van der Waals surface area (Å²) in [6, 6.07) is 19.4. The van der Waals surface area contributed by atoms with Crippen LogP contribution >= 0.6 is 27.3 Å². The fourth-order valence-electron chi connectivity index (χ4n) is 2.79. The molecule has 0 aliphatic carbocycles. The maximum absolute atomic E-state index is 3.78. The van der Waals surface area contributed by atoms with Gasteiger partial charge in [0, 0.05) is 4.47 Å². The molecule has 4 rings (SSSR count). The lowest BCUT2D eigenvalue weighted by molar-refractivity contribution is 1.72. The van der Waals surface area contributed by atoms with Gasteiger partial charge in [-0.2, -0.15) is 11.3 Å². The first-order valence-corrected chi connectivity index (χ1v) is 8.21. The third kappa shape index (κ3) is 1.72. The van der Waals surface area contributed by atoms with Gasteiger partial charge in [0.25, 0.3) is 0 Å². The summed E-state index contributed by atoms with van der Waals surface area (Å²) in [6.45, 7) is 0. The Morgan fingerprint density at radius 2 is 1.25 bits per heavy atom. The van der Waals surface area contributed by atoms with Crippen molar-refractivity contribution in [1.29, 1.82) is 0 Å². The van der Waals surface area contributed by atoms with E-state index in [1.54, 1.807) is 11.3 Å². The molecule has 4 aromatic rings. The van der Waals surface area contributed by atoms with Crippen LogP contribution in [0.5, 0.6) is 0 Å². The average Bonchev–Trinajstić information content (AvgIpc) is 3.02. The molecule has 0 atom stereocenters. The minimum atomic E-state index is 1.18. The number of halogens is 1. The zero-order chi connectivity index (χ0) is 13.5. The lowest BCUT2D eigenvalue weighted by atomic mass is 9.93. The standard InChI is InChI=1S/C18H11BrS/c19-18-15-7-3-1-5-13(15)17(12-9-10-20-11-12)14-6-2-4-8-16(14)18/h1-11H. The second-order valence-corrected chi connectivity index (χ2v) is 6.37. The molecule has 0 saturated carbocycles. The molecule has 0 unspecified atom stereocenters. The Labute approximate surface area is 129 Å². The lowest BCUT2D eigenvalue weighted by Gasteiger charge is -2.13. The first-order chi connectivity index (χ1) is 9.86. The van der Waals surface area contributed by atoms with E-state index in [1.807, 2.05) is 0 Å². The first kappa shape index (κ1) is 12.1. The van der Waals surface area contributed by atoms with E-state index in [0.717, 1.165) is 0 Å². The molecule has 0 amide bonds. The van der Waals surface area contributed by atoms with E-state index in [2.05, 4.69) is 81.3 Å². The van der Waals surface area contributed by atoms with Crippen LogP contribution in [0.25, 0.3) is 32.7 Å². The Hall–Kier alpha value is -1.64. The molecule has 0 saturated heterocycles. The molecule has 0 spiro atoms. The highest BCUT2D eigenvalue weighted by Gasteiger charge is 2.13. The van der Waals surface area contributed by atoms with Crippen molar-refractivity contribution in [3.63, 3.8) is 0 Å². The normalized spacial score (nSPS) is 11.2. The van der Waals surface area contributed by atoms with Crippen LogP contribution in [0, 0.1) is 0 Å². The predicted molar refractivity (Wildman–Crippen MR) is 92.5 cm³/mol. The molecular weight excluding hydrogens is 328 g/mol. The smallest absolute Gasteiger partial charge is 0.0332 e. The van der Waals surface area contributed by atoms with Crippen LogP contribution < -0.4 is 0 Å². The summed E-state index contributed by atoms with van der Waals surface area (Å²) in [7, 11) is 0. The summed E-state index contributed by atoms with van der Waals surface area (Å²) in [4.78, 5) is 0. The molecule has 0 fully saturated rings. The minimum absolute atomic E-state index is 1.18. The van der Waals surface area contributed by atoms with Gasteiger partial charge in [0.2, 0.25) is 0 Å². The highest BCUT2D eigenvalue weighted by atomic mass is 79.9. The van der Waals surface area contributed by atoms with Gasteiger partial charge < -0.3 is 0 Å². The fourth-order valence-corrected chi connectivity index (χ4v) is 4.13. The summed E-state index contributed by atoms with van der Waals surface area (Å²) in [5.74, 6) is 0. The van der Waals surface area contributed by atoms with Crippen LogP contribution in [-0.4, -0.2) is 0 Å². The SMILES string of the molecule is Brc1c2ccccc2c(-c2ccsc2)c2ccccc12. The van der Waals surface area contributed by atoms with E-state index < -0.39 is 0 Å². The van der Waals surface area contributed by atoms with Gasteiger partial charge in [0.1, 0.15) is 0 Å². The van der Waals surface area contributed by atoms with E-state index in [-0.39, 0.29) is 0 Å². The van der Waals surface area contributed by atoms with Gasteiger partial charge in [-0.15, -0.1) is 0 Å². The Morgan fingerprint density at radius 1 is 0.700 bits per heavy atom. The summed E-state index contributed by atoms with van der Waals surface area (Å²) >= 11 is 5.53. The van der Waals surface area contributed by atoms with Crippen molar-refractivity contribution in [3.05, 3.63) is 69.8 Å². The van der Waals surface area contributed by atoms with Crippen molar-refractivity contribution in [2.75, 3.05) is 0 Å². The quantitative estimate of drug-likeness (QED) is 0.348. The zero-order valence-corrected chi connectivity index (χ0v) is 13.0. The highest BCUT2D eigenvalue weighted by molar-refractivity contribution is 9.10. The maximum Gasteiger partial charge on any atom is 0.0332 e. The molecule has 0 aliphatic rings. The van der Waals surface area contributed by atoms with E-state index in [4.69, 9.17) is 0 Å². The Kier molecular flexibility index (Phi) is 2.86. The average molecular weight is 339 g/mol. The molecule has 96 valence electrons. The Morgan fingerprint density at radius 3 is 1.75 bits per heavy atom. The van der Waals surface area contributed by atoms with Crippen molar-refractivity contribution in [3.8, 4) is 11.1 Å². The van der Waals surface area contributed by atoms with Crippen molar-refractivity contribution in [2.24, 2.45) is 0 Å². The fraction of sp³-hybridized carbons (Fsp3) is 0. The number of fused-ring (bicyclic) bond motifs is 2. The topological polar surface area (TPSA) is 0 Å². The highest BCUT2D eigenvalue weighted by Crippen LogP contribution is 2.41. The lowest BCUT2D eigenvalue weighted by Crippen LogP contribution is -1.85. The van der Waals surface area contributed by atoms with Crippen LogP contribution in [0.2, 0.25) is 0 Å². The molecule has 1 heterocycles. The van der Waals surface area contributed by atoms with E-state index in [0.29, 0.717) is 0 Å². The van der Waals surface area contributed by atoms with Crippen molar-refractivity contribution in [2.45, 2.75) is 0 Å². The van der Waals surface area contributed by atoms with Gasteiger partial charge in [-0.05, 0) is 65.4 Å². The van der Waals surface area contributed by atoms with Gasteiger partial charge in [0.15, 0.2) is 0 Å². The number of benzene rings is 3. The first-order valence-electron chi connectivity index (χ1n) is 6.48. The van der Waals surface area contributed by atoms with E-state index >= 15 is 0 Å². The molecule has 3 aromatic carbocycles. The Balaban J connectivity index is 2.31. The van der Waals surface area contributed by atoms with E-state index in [1.165, 1.54) is 37.1 Å². The number of rotatable bonds is 1. The molecule has 2 heteroatoms. The molecule has 0 aliphatic heterocycles. The van der Waals surface area contributed by atoms with Gasteiger partial charge in [-0.25, -0.2) is 0 Å². The predicted octanol–water partition coefficient (Wildman–Crippen LogP) is 6.48. The minimum Gasteiger partial charge on any atom is -0.152 e. The maximum atomic E-state index is 3.78. The second kappa shape index (κ2) is 4.72. The molecule has 0 radical (unpaired) electrons. The summed E-state index contributed by atoms with van der Waals surface area (Å²) in [5.41, 5.74) is 2.63. The van der Waals surface area contributed by atoms with Crippen LogP contribution in [0.15, 0.2) is 69.8 Å². The third-order valence-electron chi connectivity index (χ3n) is 3.68. The Bertz CT molecular complexity index is 850. The number of hydrogen-bond acceptors (Lipinski definition) is 1. The molecule has 0 nitrogen and oxygen atoms in total. The van der Waals surface area contributed by atoms with Crippen LogP contribution in [0.3, 0.4) is 0 Å². The second-order valence-electron chi connectivity index (χ2n) is 4.79. The van der Waals surface area contributed by atoms with Crippen molar-refractivity contribution >= 4 is 48.8 Å². The summed E-state index contributed by atoms with van der Waals surface area (Å²) < 4.78 is 1.18. The van der Waals surface area contributed by atoms with Gasteiger partial charge in [0.05, 0.1) is 0 Å². The van der Waals surface area contributed by atoms with E-state index in [9.17, 15) is 0 Å². The molecule has 1 aromatic heterocycles. The summed E-state index contributed by atoms with van der Waals surface area (Å²) in [6.07, 6.45) is 0. The monoisotopic (exact) mass is 338 g/mol. The van der Waals surface area contributed by atoms with Gasteiger partial charge >= 0.3 is 0 Å². The van der Waals surface area contributed by atoms with Crippen molar-refractivity contribution in [1.82, 2.24) is 0 Å². The van der Waals surface area contributed by atoms with Gasteiger partial charge in [-0.3, -0.25) is 0 Å². The van der Waals surface area contributed by atoms with Crippen LogP contribution in [0.4, 0.5) is 0 Å². The molecular formula is C18H11BrS. The van der Waals surface area contributed by atoms with Crippen molar-refractivity contribution < 1.29 is 0 Å². The van der Waals surface area contributed by atoms with Crippen LogP contribution in [-0.2, 0) is 0 Å².